The first-order valence-corrected chi connectivity index (χ1v) is 8.40. The minimum Gasteiger partial charge on any atom is -0.493 e. The molecule has 0 saturated carbocycles. The molecule has 0 bridgehead atoms. The van der Waals surface area contributed by atoms with Crippen LogP contribution in [0.2, 0.25) is 5.02 Å². The number of benzene rings is 2. The SMILES string of the molecule is COc1cc(CNc2cccc(C(C)C)c2)cc(Cl)c1OCC(N)=O. The predicted molar refractivity (Wildman–Crippen MR) is 101 cm³/mol. The van der Waals surface area contributed by atoms with Crippen molar-refractivity contribution < 1.29 is 14.3 Å². The molecule has 0 saturated heterocycles. The van der Waals surface area contributed by atoms with Crippen LogP contribution in [0.3, 0.4) is 0 Å². The van der Waals surface area contributed by atoms with Gasteiger partial charge in [-0.2, -0.15) is 0 Å². The second-order valence-electron chi connectivity index (χ2n) is 6.00. The zero-order chi connectivity index (χ0) is 18.4. The molecule has 6 heteroatoms. The van der Waals surface area contributed by atoms with Crippen LogP contribution in [0, 0.1) is 0 Å². The first-order valence-electron chi connectivity index (χ1n) is 8.02. The van der Waals surface area contributed by atoms with Gasteiger partial charge in [0.2, 0.25) is 0 Å². The molecule has 2 rings (SSSR count). The topological polar surface area (TPSA) is 73.6 Å². The van der Waals surface area contributed by atoms with Crippen molar-refractivity contribution in [1.82, 2.24) is 0 Å². The van der Waals surface area contributed by atoms with Gasteiger partial charge in [-0.3, -0.25) is 4.79 Å². The maximum Gasteiger partial charge on any atom is 0.255 e. The quantitative estimate of drug-likeness (QED) is 0.745. The third kappa shape index (κ3) is 5.29. The molecule has 0 aliphatic heterocycles. The first kappa shape index (κ1) is 18.9. The van der Waals surface area contributed by atoms with E-state index in [0.29, 0.717) is 29.0 Å². The van der Waals surface area contributed by atoms with Gasteiger partial charge in [0, 0.05) is 12.2 Å². The van der Waals surface area contributed by atoms with Crippen LogP contribution < -0.4 is 20.5 Å². The maximum absolute atomic E-state index is 10.9. The Balaban J connectivity index is 2.13. The number of amides is 1. The van der Waals surface area contributed by atoms with Crippen molar-refractivity contribution in [2.24, 2.45) is 5.73 Å². The number of hydrogen-bond acceptors (Lipinski definition) is 4. The summed E-state index contributed by atoms with van der Waals surface area (Å²) in [7, 11) is 1.52. The van der Waals surface area contributed by atoms with Crippen molar-refractivity contribution >= 4 is 23.2 Å². The number of carbonyl (C=O) groups excluding carboxylic acids is 1. The van der Waals surface area contributed by atoms with Gasteiger partial charge in [-0.25, -0.2) is 0 Å². The molecule has 25 heavy (non-hydrogen) atoms. The van der Waals surface area contributed by atoms with E-state index in [-0.39, 0.29) is 6.61 Å². The number of halogens is 1. The Labute approximate surface area is 153 Å². The normalized spacial score (nSPS) is 10.6. The average Bonchev–Trinajstić information content (AvgIpc) is 2.58. The van der Waals surface area contributed by atoms with E-state index < -0.39 is 5.91 Å². The molecule has 0 aliphatic rings. The average molecular weight is 363 g/mol. The van der Waals surface area contributed by atoms with Gasteiger partial charge in [-0.15, -0.1) is 0 Å². The second kappa shape index (κ2) is 8.62. The van der Waals surface area contributed by atoms with E-state index in [4.69, 9.17) is 26.8 Å². The van der Waals surface area contributed by atoms with E-state index >= 15 is 0 Å². The van der Waals surface area contributed by atoms with Crippen molar-refractivity contribution in [3.63, 3.8) is 0 Å². The van der Waals surface area contributed by atoms with Gasteiger partial charge in [0.15, 0.2) is 18.1 Å². The van der Waals surface area contributed by atoms with Crippen LogP contribution >= 0.6 is 11.6 Å². The van der Waals surface area contributed by atoms with Gasteiger partial charge in [-0.1, -0.05) is 37.6 Å². The fraction of sp³-hybridized carbons (Fsp3) is 0.316. The molecule has 3 N–H and O–H groups in total. The molecule has 134 valence electrons. The summed E-state index contributed by atoms with van der Waals surface area (Å²) in [6.45, 7) is 4.65. The second-order valence-corrected chi connectivity index (χ2v) is 6.40. The van der Waals surface area contributed by atoms with E-state index in [1.807, 2.05) is 18.2 Å². The fourth-order valence-corrected chi connectivity index (χ4v) is 2.66. The summed E-state index contributed by atoms with van der Waals surface area (Å²) in [6, 6.07) is 11.9. The number of anilines is 1. The van der Waals surface area contributed by atoms with Gasteiger partial charge < -0.3 is 20.5 Å². The number of primary amides is 1. The van der Waals surface area contributed by atoms with Gasteiger partial charge in [-0.05, 0) is 41.3 Å². The van der Waals surface area contributed by atoms with Gasteiger partial charge in [0.05, 0.1) is 12.1 Å². The van der Waals surface area contributed by atoms with Crippen LogP contribution in [0.15, 0.2) is 36.4 Å². The minimum atomic E-state index is -0.575. The Kier molecular flexibility index (Phi) is 6.53. The smallest absolute Gasteiger partial charge is 0.255 e. The van der Waals surface area contributed by atoms with Crippen molar-refractivity contribution in [3.05, 3.63) is 52.5 Å². The highest BCUT2D eigenvalue weighted by Gasteiger charge is 2.13. The minimum absolute atomic E-state index is 0.254. The zero-order valence-corrected chi connectivity index (χ0v) is 15.4. The summed E-state index contributed by atoms with van der Waals surface area (Å²) in [4.78, 5) is 10.9. The standard InChI is InChI=1S/C19H23ClN2O3/c1-12(2)14-5-4-6-15(9-14)22-10-13-7-16(20)19(17(8-13)24-3)25-11-18(21)23/h4-9,12,22H,10-11H2,1-3H3,(H2,21,23). The Morgan fingerprint density at radius 3 is 2.68 bits per heavy atom. The van der Waals surface area contributed by atoms with Gasteiger partial charge in [0.1, 0.15) is 0 Å². The molecule has 0 unspecified atom stereocenters. The Hall–Kier alpha value is -2.40. The summed E-state index contributed by atoms with van der Waals surface area (Å²) in [5.41, 5.74) is 8.34. The van der Waals surface area contributed by atoms with Crippen LogP contribution in [0.5, 0.6) is 11.5 Å². The number of carbonyl (C=O) groups is 1. The number of methoxy groups -OCH3 is 1. The number of nitrogens with two attached hydrogens (primary N) is 1. The van der Waals surface area contributed by atoms with E-state index in [2.05, 4.69) is 31.3 Å². The van der Waals surface area contributed by atoms with E-state index in [1.165, 1.54) is 12.7 Å². The van der Waals surface area contributed by atoms with Crippen molar-refractivity contribution in [2.75, 3.05) is 19.0 Å². The van der Waals surface area contributed by atoms with Crippen molar-refractivity contribution in [1.29, 1.82) is 0 Å². The lowest BCUT2D eigenvalue weighted by atomic mass is 10.0. The molecule has 0 aromatic heterocycles. The molecule has 2 aromatic rings. The molecule has 2 aromatic carbocycles. The number of hydrogen-bond donors (Lipinski definition) is 2. The summed E-state index contributed by atoms with van der Waals surface area (Å²) >= 11 is 6.26. The maximum atomic E-state index is 10.9. The molecule has 0 radical (unpaired) electrons. The number of nitrogens with one attached hydrogen (secondary N) is 1. The highest BCUT2D eigenvalue weighted by molar-refractivity contribution is 6.32. The third-order valence-electron chi connectivity index (χ3n) is 3.70. The predicted octanol–water partition coefficient (Wildman–Crippen LogP) is 3.95. The van der Waals surface area contributed by atoms with E-state index in [0.717, 1.165) is 11.3 Å². The first-order chi connectivity index (χ1) is 11.9. The lowest BCUT2D eigenvalue weighted by molar-refractivity contribution is -0.119. The van der Waals surface area contributed by atoms with Crippen molar-refractivity contribution in [3.8, 4) is 11.5 Å². The summed E-state index contributed by atoms with van der Waals surface area (Å²) in [5.74, 6) is 0.668. The summed E-state index contributed by atoms with van der Waals surface area (Å²) < 4.78 is 10.6. The van der Waals surface area contributed by atoms with Gasteiger partial charge in [0.25, 0.3) is 5.91 Å². The zero-order valence-electron chi connectivity index (χ0n) is 14.6. The monoisotopic (exact) mass is 362 g/mol. The molecule has 0 heterocycles. The van der Waals surface area contributed by atoms with Crippen LogP contribution in [-0.4, -0.2) is 19.6 Å². The Morgan fingerprint density at radius 1 is 1.28 bits per heavy atom. The molecule has 5 nitrogen and oxygen atoms in total. The van der Waals surface area contributed by atoms with Crippen LogP contribution in [-0.2, 0) is 11.3 Å². The van der Waals surface area contributed by atoms with Crippen LogP contribution in [0.4, 0.5) is 5.69 Å². The van der Waals surface area contributed by atoms with Crippen molar-refractivity contribution in [2.45, 2.75) is 26.3 Å². The molecule has 0 spiro atoms. The molecular weight excluding hydrogens is 340 g/mol. The number of rotatable bonds is 8. The molecular formula is C19H23ClN2O3. The lowest BCUT2D eigenvalue weighted by Crippen LogP contribution is -2.20. The summed E-state index contributed by atoms with van der Waals surface area (Å²) in [5, 5.41) is 3.74. The Morgan fingerprint density at radius 2 is 2.04 bits per heavy atom. The molecule has 0 fully saturated rings. The van der Waals surface area contributed by atoms with E-state index in [1.54, 1.807) is 6.07 Å². The highest BCUT2D eigenvalue weighted by atomic mass is 35.5. The molecule has 0 atom stereocenters. The largest absolute Gasteiger partial charge is 0.493 e. The molecule has 0 aliphatic carbocycles. The fourth-order valence-electron chi connectivity index (χ4n) is 2.37. The molecule has 1 amide bonds. The highest BCUT2D eigenvalue weighted by Crippen LogP contribution is 2.36. The van der Waals surface area contributed by atoms with E-state index in [9.17, 15) is 4.79 Å². The number of ether oxygens (including phenoxy) is 2. The third-order valence-corrected chi connectivity index (χ3v) is 3.98. The summed E-state index contributed by atoms with van der Waals surface area (Å²) in [6.07, 6.45) is 0. The lowest BCUT2D eigenvalue weighted by Gasteiger charge is -2.14. The van der Waals surface area contributed by atoms with Gasteiger partial charge >= 0.3 is 0 Å². The van der Waals surface area contributed by atoms with Crippen LogP contribution in [0.25, 0.3) is 0 Å². The Bertz CT molecular complexity index is 747. The van der Waals surface area contributed by atoms with Crippen LogP contribution in [0.1, 0.15) is 30.9 Å².